The van der Waals surface area contributed by atoms with E-state index in [9.17, 15) is 4.79 Å². The zero-order chi connectivity index (χ0) is 13.1. The molecule has 2 aromatic rings. The first kappa shape index (κ1) is 12.6. The van der Waals surface area contributed by atoms with Crippen molar-refractivity contribution in [3.63, 3.8) is 0 Å². The number of anilines is 1. The van der Waals surface area contributed by atoms with Gasteiger partial charge in [0.05, 0.1) is 5.52 Å². The minimum atomic E-state index is -0.408. The number of hydrogen-bond acceptors (Lipinski definition) is 3. The van der Waals surface area contributed by atoms with Crippen molar-refractivity contribution in [2.45, 2.75) is 19.4 Å². The van der Waals surface area contributed by atoms with Gasteiger partial charge in [-0.25, -0.2) is 0 Å². The van der Waals surface area contributed by atoms with Crippen molar-refractivity contribution in [2.75, 3.05) is 12.4 Å². The fraction of sp³-hybridized carbons (Fsp3) is 0.385. The molecule has 1 aromatic carbocycles. The van der Waals surface area contributed by atoms with E-state index in [1.807, 2.05) is 38.4 Å². The van der Waals surface area contributed by atoms with Crippen molar-refractivity contribution in [3.05, 3.63) is 24.4 Å². The number of carbonyl (C=O) groups is 1. The van der Waals surface area contributed by atoms with E-state index in [4.69, 9.17) is 4.74 Å². The molecule has 0 spiro atoms. The summed E-state index contributed by atoms with van der Waals surface area (Å²) >= 11 is 0. The van der Waals surface area contributed by atoms with Crippen LogP contribution in [0.15, 0.2) is 24.4 Å². The minimum Gasteiger partial charge on any atom is -0.372 e. The molecule has 1 aromatic heterocycles. The van der Waals surface area contributed by atoms with E-state index in [-0.39, 0.29) is 5.91 Å². The molecule has 1 N–H and O–H groups in total. The normalized spacial score (nSPS) is 12.6. The van der Waals surface area contributed by atoms with Gasteiger partial charge < -0.3 is 10.1 Å². The number of hydrogen-bond donors (Lipinski definition) is 1. The first-order chi connectivity index (χ1) is 8.63. The summed E-state index contributed by atoms with van der Waals surface area (Å²) in [6.07, 6.45) is 2.16. The van der Waals surface area contributed by atoms with Crippen LogP contribution in [0.2, 0.25) is 0 Å². The third-order valence-corrected chi connectivity index (χ3v) is 2.83. The Morgan fingerprint density at radius 1 is 1.56 bits per heavy atom. The zero-order valence-electron chi connectivity index (χ0n) is 10.8. The Morgan fingerprint density at radius 3 is 3.00 bits per heavy atom. The molecule has 18 heavy (non-hydrogen) atoms. The molecule has 1 amide bonds. The second-order valence-corrected chi connectivity index (χ2v) is 4.20. The standard InChI is InChI=1S/C13H17N3O2/c1-4-12(18-3)13(17)14-10-5-6-11-9(7-10)8-16(2)15-11/h5-8,12H,4H2,1-3H3,(H,14,17). The quantitative estimate of drug-likeness (QED) is 0.898. The summed E-state index contributed by atoms with van der Waals surface area (Å²) < 4.78 is 6.85. The lowest BCUT2D eigenvalue weighted by Gasteiger charge is -2.12. The van der Waals surface area contributed by atoms with Crippen LogP contribution in [0.5, 0.6) is 0 Å². The third kappa shape index (κ3) is 2.51. The number of nitrogens with zero attached hydrogens (tertiary/aromatic N) is 2. The molecule has 2 rings (SSSR count). The van der Waals surface area contributed by atoms with Crippen molar-refractivity contribution in [3.8, 4) is 0 Å². The lowest BCUT2D eigenvalue weighted by Crippen LogP contribution is -2.28. The molecule has 0 aliphatic rings. The van der Waals surface area contributed by atoms with Gasteiger partial charge in [0.25, 0.3) is 5.91 Å². The Balaban J connectivity index is 2.18. The van der Waals surface area contributed by atoms with E-state index >= 15 is 0 Å². The third-order valence-electron chi connectivity index (χ3n) is 2.83. The fourth-order valence-electron chi connectivity index (χ4n) is 1.91. The zero-order valence-corrected chi connectivity index (χ0v) is 10.8. The number of nitrogens with one attached hydrogen (secondary N) is 1. The molecule has 96 valence electrons. The lowest BCUT2D eigenvalue weighted by molar-refractivity contribution is -0.125. The van der Waals surface area contributed by atoms with Crippen LogP contribution in [0.25, 0.3) is 10.9 Å². The monoisotopic (exact) mass is 247 g/mol. The molecule has 0 aliphatic carbocycles. The number of benzene rings is 1. The van der Waals surface area contributed by atoms with Gasteiger partial charge in [0.1, 0.15) is 6.10 Å². The first-order valence-electron chi connectivity index (χ1n) is 5.91. The molecular formula is C13H17N3O2. The number of ether oxygens (including phenoxy) is 1. The van der Waals surface area contributed by atoms with Crippen LogP contribution >= 0.6 is 0 Å². The van der Waals surface area contributed by atoms with Gasteiger partial charge in [-0.2, -0.15) is 5.10 Å². The van der Waals surface area contributed by atoms with E-state index in [1.165, 1.54) is 7.11 Å². The summed E-state index contributed by atoms with van der Waals surface area (Å²) in [7, 11) is 3.41. The average Bonchev–Trinajstić information content (AvgIpc) is 2.70. The maximum absolute atomic E-state index is 11.9. The van der Waals surface area contributed by atoms with Crippen LogP contribution in [-0.2, 0) is 16.6 Å². The summed E-state index contributed by atoms with van der Waals surface area (Å²) in [5.74, 6) is -0.122. The van der Waals surface area contributed by atoms with Gasteiger partial charge in [0.2, 0.25) is 0 Å². The van der Waals surface area contributed by atoms with Crippen molar-refractivity contribution >= 4 is 22.5 Å². The second-order valence-electron chi connectivity index (χ2n) is 4.20. The maximum Gasteiger partial charge on any atom is 0.253 e. The van der Waals surface area contributed by atoms with E-state index in [1.54, 1.807) is 4.68 Å². The molecule has 0 saturated carbocycles. The predicted molar refractivity (Wildman–Crippen MR) is 70.4 cm³/mol. The predicted octanol–water partition coefficient (Wildman–Crippen LogP) is 1.94. The summed E-state index contributed by atoms with van der Waals surface area (Å²) in [6, 6.07) is 5.64. The van der Waals surface area contributed by atoms with E-state index in [2.05, 4.69) is 10.4 Å². The van der Waals surface area contributed by atoms with Gasteiger partial charge in [-0.15, -0.1) is 0 Å². The van der Waals surface area contributed by atoms with E-state index in [0.29, 0.717) is 6.42 Å². The maximum atomic E-state index is 11.9. The number of amides is 1. The molecule has 0 radical (unpaired) electrons. The van der Waals surface area contributed by atoms with Crippen molar-refractivity contribution in [1.29, 1.82) is 0 Å². The Kier molecular flexibility index (Phi) is 3.62. The average molecular weight is 247 g/mol. The van der Waals surface area contributed by atoms with E-state index in [0.717, 1.165) is 16.6 Å². The lowest BCUT2D eigenvalue weighted by atomic mass is 10.2. The summed E-state index contributed by atoms with van der Waals surface area (Å²) in [6.45, 7) is 1.91. The topological polar surface area (TPSA) is 56.1 Å². The number of fused-ring (bicyclic) bond motifs is 1. The van der Waals surface area contributed by atoms with Gasteiger partial charge in [0, 0.05) is 31.4 Å². The fourth-order valence-corrected chi connectivity index (χ4v) is 1.91. The van der Waals surface area contributed by atoms with Crippen molar-refractivity contribution in [2.24, 2.45) is 7.05 Å². The molecule has 1 unspecified atom stereocenters. The van der Waals surface area contributed by atoms with Crippen molar-refractivity contribution < 1.29 is 9.53 Å². The molecule has 0 saturated heterocycles. The number of aromatic nitrogens is 2. The van der Waals surface area contributed by atoms with Crippen LogP contribution < -0.4 is 5.32 Å². The highest BCUT2D eigenvalue weighted by Gasteiger charge is 2.15. The Labute approximate surface area is 106 Å². The number of rotatable bonds is 4. The molecule has 5 heteroatoms. The van der Waals surface area contributed by atoms with Gasteiger partial charge in [-0.1, -0.05) is 6.92 Å². The molecule has 0 aliphatic heterocycles. The van der Waals surface area contributed by atoms with Crippen LogP contribution in [0.1, 0.15) is 13.3 Å². The van der Waals surface area contributed by atoms with Crippen LogP contribution in [0.4, 0.5) is 5.69 Å². The first-order valence-corrected chi connectivity index (χ1v) is 5.91. The molecular weight excluding hydrogens is 230 g/mol. The highest BCUT2D eigenvalue weighted by atomic mass is 16.5. The molecule has 1 heterocycles. The highest BCUT2D eigenvalue weighted by molar-refractivity contribution is 5.96. The smallest absolute Gasteiger partial charge is 0.253 e. The molecule has 0 fully saturated rings. The highest BCUT2D eigenvalue weighted by Crippen LogP contribution is 2.18. The van der Waals surface area contributed by atoms with Gasteiger partial charge in [-0.05, 0) is 24.6 Å². The number of aryl methyl sites for hydroxylation is 1. The minimum absolute atomic E-state index is 0.122. The van der Waals surface area contributed by atoms with Gasteiger partial charge in [0.15, 0.2) is 0 Å². The van der Waals surface area contributed by atoms with Crippen LogP contribution in [0, 0.1) is 0 Å². The summed E-state index contributed by atoms with van der Waals surface area (Å²) in [4.78, 5) is 11.9. The van der Waals surface area contributed by atoms with Gasteiger partial charge >= 0.3 is 0 Å². The number of methoxy groups -OCH3 is 1. The molecule has 0 bridgehead atoms. The van der Waals surface area contributed by atoms with Crippen LogP contribution in [-0.4, -0.2) is 28.9 Å². The van der Waals surface area contributed by atoms with Gasteiger partial charge in [-0.3, -0.25) is 9.48 Å². The van der Waals surface area contributed by atoms with E-state index < -0.39 is 6.10 Å². The molecule has 5 nitrogen and oxygen atoms in total. The SMILES string of the molecule is CCC(OC)C(=O)Nc1ccc2nn(C)cc2c1. The number of carbonyl (C=O) groups excluding carboxylic acids is 1. The van der Waals surface area contributed by atoms with Crippen LogP contribution in [0.3, 0.4) is 0 Å². The Bertz CT molecular complexity index is 558. The van der Waals surface area contributed by atoms with Crippen molar-refractivity contribution in [1.82, 2.24) is 9.78 Å². The second kappa shape index (κ2) is 5.18. The Hall–Kier alpha value is -1.88. The molecule has 1 atom stereocenters. The Morgan fingerprint density at radius 2 is 2.33 bits per heavy atom. The largest absolute Gasteiger partial charge is 0.372 e. The summed E-state index contributed by atoms with van der Waals surface area (Å²) in [5, 5.41) is 8.13. The summed E-state index contributed by atoms with van der Waals surface area (Å²) in [5.41, 5.74) is 1.67.